The minimum Gasteiger partial charge on any atom is -0.493 e. The molecule has 1 aromatic heterocycles. The van der Waals surface area contributed by atoms with Gasteiger partial charge in [0.1, 0.15) is 16.5 Å². The van der Waals surface area contributed by atoms with Gasteiger partial charge in [0.05, 0.1) is 24.3 Å². The minimum atomic E-state index is -0.378. The number of thiazole rings is 1. The Morgan fingerprint density at radius 3 is 2.84 bits per heavy atom. The summed E-state index contributed by atoms with van der Waals surface area (Å²) in [5.74, 6) is 0.833. The van der Waals surface area contributed by atoms with E-state index < -0.39 is 0 Å². The van der Waals surface area contributed by atoms with Crippen LogP contribution in [0.4, 0.5) is 0 Å². The SMILES string of the molecule is CCOc1ccccc1-c1nc(CC(=O)Oc2cccc(Cl)c2)cs1. The molecule has 4 nitrogen and oxygen atoms in total. The predicted octanol–water partition coefficient (Wildman–Crippen LogP) is 5.01. The van der Waals surface area contributed by atoms with Gasteiger partial charge < -0.3 is 9.47 Å². The molecule has 0 spiro atoms. The van der Waals surface area contributed by atoms with Crippen molar-refractivity contribution >= 4 is 28.9 Å². The van der Waals surface area contributed by atoms with Crippen LogP contribution in [0.5, 0.6) is 11.5 Å². The van der Waals surface area contributed by atoms with Gasteiger partial charge >= 0.3 is 5.97 Å². The van der Waals surface area contributed by atoms with Gasteiger partial charge in [0.15, 0.2) is 0 Å². The smallest absolute Gasteiger partial charge is 0.317 e. The summed E-state index contributed by atoms with van der Waals surface area (Å²) in [7, 11) is 0. The normalized spacial score (nSPS) is 10.5. The second-order valence-corrected chi connectivity index (χ2v) is 6.48. The molecule has 0 unspecified atom stereocenters. The lowest BCUT2D eigenvalue weighted by molar-refractivity contribution is -0.133. The number of hydrogen-bond donors (Lipinski definition) is 0. The Morgan fingerprint density at radius 1 is 1.20 bits per heavy atom. The summed E-state index contributed by atoms with van der Waals surface area (Å²) in [5.41, 5.74) is 1.59. The van der Waals surface area contributed by atoms with Crippen LogP contribution in [-0.2, 0) is 11.2 Å². The molecule has 0 aliphatic rings. The number of nitrogens with zero attached hydrogens (tertiary/aromatic N) is 1. The summed E-state index contributed by atoms with van der Waals surface area (Å²) in [5, 5.41) is 3.19. The minimum absolute atomic E-state index is 0.0970. The maximum atomic E-state index is 12.1. The zero-order chi connectivity index (χ0) is 17.6. The van der Waals surface area contributed by atoms with E-state index in [-0.39, 0.29) is 12.4 Å². The van der Waals surface area contributed by atoms with E-state index in [2.05, 4.69) is 4.98 Å². The molecule has 0 N–H and O–H groups in total. The first-order valence-electron chi connectivity index (χ1n) is 7.78. The number of benzene rings is 2. The zero-order valence-electron chi connectivity index (χ0n) is 13.6. The van der Waals surface area contributed by atoms with Crippen LogP contribution in [-0.4, -0.2) is 17.6 Å². The number of hydrogen-bond acceptors (Lipinski definition) is 5. The molecule has 128 valence electrons. The molecule has 6 heteroatoms. The standard InChI is InChI=1S/C19H16ClNO3S/c1-2-23-17-9-4-3-8-16(17)19-21-14(12-25-19)11-18(22)24-15-7-5-6-13(20)10-15/h3-10,12H,2,11H2,1H3. The van der Waals surface area contributed by atoms with Crippen molar-refractivity contribution in [1.82, 2.24) is 4.98 Å². The summed E-state index contributed by atoms with van der Waals surface area (Å²) >= 11 is 7.36. The Morgan fingerprint density at radius 2 is 2.04 bits per heavy atom. The highest BCUT2D eigenvalue weighted by Gasteiger charge is 2.13. The van der Waals surface area contributed by atoms with E-state index in [9.17, 15) is 4.79 Å². The summed E-state index contributed by atoms with van der Waals surface area (Å²) < 4.78 is 10.9. The molecule has 0 fully saturated rings. The third kappa shape index (κ3) is 4.59. The summed E-state index contributed by atoms with van der Waals surface area (Å²) in [6.07, 6.45) is 0.0970. The molecule has 25 heavy (non-hydrogen) atoms. The second kappa shape index (κ2) is 8.14. The van der Waals surface area contributed by atoms with E-state index in [1.807, 2.05) is 36.6 Å². The number of carbonyl (C=O) groups excluding carboxylic acids is 1. The molecule has 0 saturated heterocycles. The number of aromatic nitrogens is 1. The van der Waals surface area contributed by atoms with E-state index >= 15 is 0 Å². The second-order valence-electron chi connectivity index (χ2n) is 5.18. The van der Waals surface area contributed by atoms with Gasteiger partial charge in [-0.2, -0.15) is 0 Å². The van der Waals surface area contributed by atoms with Crippen molar-refractivity contribution < 1.29 is 14.3 Å². The van der Waals surface area contributed by atoms with Crippen molar-refractivity contribution in [2.24, 2.45) is 0 Å². The summed E-state index contributed by atoms with van der Waals surface area (Å²) in [6, 6.07) is 14.5. The topological polar surface area (TPSA) is 48.4 Å². The first-order chi connectivity index (χ1) is 12.2. The molecule has 0 bridgehead atoms. The predicted molar refractivity (Wildman–Crippen MR) is 99.5 cm³/mol. The molecular weight excluding hydrogens is 358 g/mol. The first kappa shape index (κ1) is 17.5. The van der Waals surface area contributed by atoms with E-state index in [1.165, 1.54) is 11.3 Å². The van der Waals surface area contributed by atoms with Gasteiger partial charge in [-0.3, -0.25) is 4.79 Å². The Labute approximate surface area is 155 Å². The largest absolute Gasteiger partial charge is 0.493 e. The van der Waals surface area contributed by atoms with Crippen molar-refractivity contribution in [3.8, 4) is 22.1 Å². The van der Waals surface area contributed by atoms with Gasteiger partial charge in [-0.1, -0.05) is 29.8 Å². The zero-order valence-corrected chi connectivity index (χ0v) is 15.1. The quantitative estimate of drug-likeness (QED) is 0.450. The van der Waals surface area contributed by atoms with Crippen LogP contribution in [0.15, 0.2) is 53.9 Å². The van der Waals surface area contributed by atoms with Crippen LogP contribution < -0.4 is 9.47 Å². The van der Waals surface area contributed by atoms with Gasteiger partial charge in [0.2, 0.25) is 0 Å². The lowest BCUT2D eigenvalue weighted by atomic mass is 10.2. The number of rotatable bonds is 6. The first-order valence-corrected chi connectivity index (χ1v) is 9.04. The summed E-state index contributed by atoms with van der Waals surface area (Å²) in [4.78, 5) is 16.6. The fourth-order valence-corrected chi connectivity index (χ4v) is 3.31. The van der Waals surface area contributed by atoms with Gasteiger partial charge in [-0.15, -0.1) is 11.3 Å². The lowest BCUT2D eigenvalue weighted by Crippen LogP contribution is -2.11. The molecule has 3 rings (SSSR count). The van der Waals surface area contributed by atoms with Gasteiger partial charge in [-0.25, -0.2) is 4.98 Å². The van der Waals surface area contributed by atoms with Crippen LogP contribution in [0.1, 0.15) is 12.6 Å². The molecule has 1 heterocycles. The van der Waals surface area contributed by atoms with Crippen molar-refractivity contribution in [3.63, 3.8) is 0 Å². The Hall–Kier alpha value is -2.37. The highest BCUT2D eigenvalue weighted by Crippen LogP contribution is 2.32. The molecular formula is C19H16ClNO3S. The molecule has 0 radical (unpaired) electrons. The van der Waals surface area contributed by atoms with Gasteiger partial charge in [-0.05, 0) is 37.3 Å². The Kier molecular flexibility index (Phi) is 5.68. The van der Waals surface area contributed by atoms with Crippen molar-refractivity contribution in [1.29, 1.82) is 0 Å². The molecule has 0 atom stereocenters. The molecule has 2 aromatic carbocycles. The van der Waals surface area contributed by atoms with Crippen LogP contribution in [0, 0.1) is 0 Å². The average molecular weight is 374 g/mol. The van der Waals surface area contributed by atoms with Crippen LogP contribution in [0.25, 0.3) is 10.6 Å². The van der Waals surface area contributed by atoms with Crippen LogP contribution in [0.3, 0.4) is 0 Å². The van der Waals surface area contributed by atoms with Gasteiger partial charge in [0.25, 0.3) is 0 Å². The fraction of sp³-hybridized carbons (Fsp3) is 0.158. The lowest BCUT2D eigenvalue weighted by Gasteiger charge is -2.07. The molecule has 0 aliphatic heterocycles. The number of ether oxygens (including phenoxy) is 2. The molecule has 0 aliphatic carbocycles. The highest BCUT2D eigenvalue weighted by molar-refractivity contribution is 7.13. The van der Waals surface area contributed by atoms with E-state index in [0.29, 0.717) is 23.1 Å². The van der Waals surface area contributed by atoms with Gasteiger partial charge in [0, 0.05) is 10.4 Å². The Bertz CT molecular complexity index is 878. The molecule has 0 amide bonds. The third-order valence-corrected chi connectivity index (χ3v) is 4.48. The molecule has 3 aromatic rings. The maximum Gasteiger partial charge on any atom is 0.317 e. The fourth-order valence-electron chi connectivity index (χ4n) is 2.28. The number of halogens is 1. The van der Waals surface area contributed by atoms with E-state index in [4.69, 9.17) is 21.1 Å². The van der Waals surface area contributed by atoms with Crippen LogP contribution in [0.2, 0.25) is 5.02 Å². The van der Waals surface area contributed by atoms with Crippen molar-refractivity contribution in [2.75, 3.05) is 6.61 Å². The maximum absolute atomic E-state index is 12.1. The van der Waals surface area contributed by atoms with E-state index in [0.717, 1.165) is 16.3 Å². The third-order valence-electron chi connectivity index (χ3n) is 3.32. The number of para-hydroxylation sites is 1. The van der Waals surface area contributed by atoms with E-state index in [1.54, 1.807) is 24.3 Å². The number of esters is 1. The monoisotopic (exact) mass is 373 g/mol. The highest BCUT2D eigenvalue weighted by atomic mass is 35.5. The Balaban J connectivity index is 1.70. The molecule has 0 saturated carbocycles. The van der Waals surface area contributed by atoms with Crippen molar-refractivity contribution in [2.45, 2.75) is 13.3 Å². The average Bonchev–Trinajstić information content (AvgIpc) is 3.04. The van der Waals surface area contributed by atoms with Crippen LogP contribution >= 0.6 is 22.9 Å². The number of carbonyl (C=O) groups is 1. The van der Waals surface area contributed by atoms with Crippen molar-refractivity contribution in [3.05, 3.63) is 64.6 Å². The summed E-state index contributed by atoms with van der Waals surface area (Å²) in [6.45, 7) is 2.52.